The summed E-state index contributed by atoms with van der Waals surface area (Å²) in [5.41, 5.74) is 5.71. The number of ether oxygens (including phenoxy) is 1. The number of nitro benzene ring substituents is 1. The molecule has 0 spiro atoms. The van der Waals surface area contributed by atoms with Crippen LogP contribution in [0.1, 0.15) is 0 Å². The van der Waals surface area contributed by atoms with Crippen LogP contribution in [0.4, 0.5) is 11.4 Å². The van der Waals surface area contributed by atoms with Gasteiger partial charge in [-0.15, -0.1) is 0 Å². The van der Waals surface area contributed by atoms with Gasteiger partial charge in [-0.25, -0.2) is 8.42 Å². The fourth-order valence-electron chi connectivity index (χ4n) is 2.23. The summed E-state index contributed by atoms with van der Waals surface area (Å²) in [7, 11) is -3.49. The highest BCUT2D eigenvalue weighted by Gasteiger charge is 2.26. The van der Waals surface area contributed by atoms with Crippen molar-refractivity contribution in [1.82, 2.24) is 0 Å². The van der Waals surface area contributed by atoms with Crippen molar-refractivity contribution in [2.45, 2.75) is 11.0 Å². The Morgan fingerprint density at radius 2 is 2.24 bits per heavy atom. The summed E-state index contributed by atoms with van der Waals surface area (Å²) in [5.74, 6) is 0. The lowest BCUT2D eigenvalue weighted by Crippen LogP contribution is -2.45. The molecule has 1 atom stereocenters. The zero-order valence-electron chi connectivity index (χ0n) is 11.6. The van der Waals surface area contributed by atoms with Crippen molar-refractivity contribution in [3.8, 4) is 0 Å². The maximum absolute atomic E-state index is 11.5. The van der Waals surface area contributed by atoms with Crippen molar-refractivity contribution in [3.63, 3.8) is 0 Å². The molecular formula is C12H17N3O5S. The Labute approximate surface area is 122 Å². The molecular weight excluding hydrogens is 298 g/mol. The summed E-state index contributed by atoms with van der Waals surface area (Å²) in [5, 5.41) is 11.2. The molecule has 0 amide bonds. The summed E-state index contributed by atoms with van der Waals surface area (Å²) < 4.78 is 28.5. The van der Waals surface area contributed by atoms with Crippen LogP contribution in [0.2, 0.25) is 0 Å². The Balaban J connectivity index is 2.41. The first kappa shape index (κ1) is 15.7. The Bertz CT molecular complexity index is 646. The maximum Gasteiger partial charge on any atom is 0.293 e. The first-order valence-electron chi connectivity index (χ1n) is 6.38. The van der Waals surface area contributed by atoms with Gasteiger partial charge in [0.1, 0.15) is 5.69 Å². The van der Waals surface area contributed by atoms with E-state index in [0.29, 0.717) is 31.9 Å². The summed E-state index contributed by atoms with van der Waals surface area (Å²) in [6.45, 7) is 1.68. The lowest BCUT2D eigenvalue weighted by molar-refractivity contribution is -0.384. The fourth-order valence-corrected chi connectivity index (χ4v) is 2.87. The summed E-state index contributed by atoms with van der Waals surface area (Å²) in [6.07, 6.45) is 0.832. The number of nitro groups is 1. The van der Waals surface area contributed by atoms with Gasteiger partial charge in [-0.1, -0.05) is 0 Å². The molecule has 0 saturated carbocycles. The Kier molecular flexibility index (Phi) is 4.45. The van der Waals surface area contributed by atoms with E-state index in [-0.39, 0.29) is 16.7 Å². The second kappa shape index (κ2) is 5.96. The second-order valence-electron chi connectivity index (χ2n) is 4.85. The molecule has 1 heterocycles. The van der Waals surface area contributed by atoms with Gasteiger partial charge in [-0.05, 0) is 12.1 Å². The van der Waals surface area contributed by atoms with Gasteiger partial charge in [-0.3, -0.25) is 10.1 Å². The van der Waals surface area contributed by atoms with Crippen LogP contribution in [-0.2, 0) is 14.6 Å². The third-order valence-electron chi connectivity index (χ3n) is 3.31. The average molecular weight is 315 g/mol. The average Bonchev–Trinajstić information content (AvgIpc) is 2.45. The molecule has 1 aromatic carbocycles. The second-order valence-corrected chi connectivity index (χ2v) is 6.87. The van der Waals surface area contributed by atoms with E-state index >= 15 is 0 Å². The third-order valence-corrected chi connectivity index (χ3v) is 4.42. The minimum Gasteiger partial charge on any atom is -0.373 e. The molecule has 1 aliphatic heterocycles. The highest BCUT2D eigenvalue weighted by Crippen LogP contribution is 2.31. The summed E-state index contributed by atoms with van der Waals surface area (Å²) in [4.78, 5) is 12.4. The van der Waals surface area contributed by atoms with Crippen molar-refractivity contribution >= 4 is 21.2 Å². The molecule has 1 aliphatic rings. The predicted octanol–water partition coefficient (Wildman–Crippen LogP) is 0.162. The molecule has 2 N–H and O–H groups in total. The molecule has 0 aliphatic carbocycles. The van der Waals surface area contributed by atoms with Gasteiger partial charge in [0.05, 0.1) is 22.5 Å². The zero-order chi connectivity index (χ0) is 15.6. The molecule has 1 fully saturated rings. The third kappa shape index (κ3) is 3.49. The molecule has 1 unspecified atom stereocenters. The van der Waals surface area contributed by atoms with Crippen molar-refractivity contribution in [2.75, 3.05) is 37.4 Å². The van der Waals surface area contributed by atoms with Gasteiger partial charge < -0.3 is 15.4 Å². The largest absolute Gasteiger partial charge is 0.373 e. The summed E-state index contributed by atoms with van der Waals surface area (Å²) in [6, 6.07) is 3.94. The van der Waals surface area contributed by atoms with Crippen molar-refractivity contribution in [1.29, 1.82) is 0 Å². The number of sulfone groups is 1. The number of nitrogens with two attached hydrogens (primary N) is 1. The normalized spacial score (nSPS) is 19.5. The maximum atomic E-state index is 11.5. The van der Waals surface area contributed by atoms with E-state index in [1.165, 1.54) is 12.1 Å². The SMILES string of the molecule is CS(=O)(=O)c1ccc(N2CCOC(CN)C2)c([N+](=O)[O-])c1. The minimum atomic E-state index is -3.49. The molecule has 1 saturated heterocycles. The molecule has 21 heavy (non-hydrogen) atoms. The van der Waals surface area contributed by atoms with Crippen molar-refractivity contribution < 1.29 is 18.1 Å². The van der Waals surface area contributed by atoms with Crippen molar-refractivity contribution in [3.05, 3.63) is 28.3 Å². The number of hydrogen-bond acceptors (Lipinski definition) is 7. The first-order valence-corrected chi connectivity index (χ1v) is 8.27. The Hall–Kier alpha value is -1.71. The van der Waals surface area contributed by atoms with E-state index in [9.17, 15) is 18.5 Å². The van der Waals surface area contributed by atoms with Crippen LogP contribution >= 0.6 is 0 Å². The van der Waals surface area contributed by atoms with Crippen LogP contribution in [0.25, 0.3) is 0 Å². The smallest absolute Gasteiger partial charge is 0.293 e. The van der Waals surface area contributed by atoms with Crippen LogP contribution in [0, 0.1) is 10.1 Å². The standard InChI is InChI=1S/C12H17N3O5S/c1-21(18,19)10-2-3-11(12(6-10)15(16)17)14-4-5-20-9(7-13)8-14/h2-3,6,9H,4-5,7-8,13H2,1H3. The number of rotatable bonds is 4. The predicted molar refractivity (Wildman–Crippen MR) is 77.2 cm³/mol. The molecule has 0 radical (unpaired) electrons. The quantitative estimate of drug-likeness (QED) is 0.621. The van der Waals surface area contributed by atoms with Crippen LogP contribution in [0.5, 0.6) is 0 Å². The fraction of sp³-hybridized carbons (Fsp3) is 0.500. The highest BCUT2D eigenvalue weighted by molar-refractivity contribution is 7.90. The van der Waals surface area contributed by atoms with Crippen LogP contribution in [0.15, 0.2) is 23.1 Å². The molecule has 1 aromatic rings. The van der Waals surface area contributed by atoms with E-state index < -0.39 is 14.8 Å². The number of morpholine rings is 1. The lowest BCUT2D eigenvalue weighted by atomic mass is 10.2. The van der Waals surface area contributed by atoms with Gasteiger partial charge in [-0.2, -0.15) is 0 Å². The Morgan fingerprint density at radius 1 is 1.52 bits per heavy atom. The van der Waals surface area contributed by atoms with E-state index in [1.807, 2.05) is 0 Å². The van der Waals surface area contributed by atoms with Gasteiger partial charge in [0.15, 0.2) is 9.84 Å². The van der Waals surface area contributed by atoms with Gasteiger partial charge in [0.25, 0.3) is 5.69 Å². The molecule has 116 valence electrons. The number of hydrogen-bond donors (Lipinski definition) is 1. The van der Waals surface area contributed by atoms with E-state index in [0.717, 1.165) is 12.3 Å². The molecule has 9 heteroatoms. The van der Waals surface area contributed by atoms with Crippen molar-refractivity contribution in [2.24, 2.45) is 5.73 Å². The molecule has 0 bridgehead atoms. The van der Waals surface area contributed by atoms with Crippen LogP contribution < -0.4 is 10.6 Å². The summed E-state index contributed by atoms with van der Waals surface area (Å²) >= 11 is 0. The van der Waals surface area contributed by atoms with Gasteiger partial charge in [0.2, 0.25) is 0 Å². The zero-order valence-corrected chi connectivity index (χ0v) is 12.4. The number of anilines is 1. The minimum absolute atomic E-state index is 0.0680. The van der Waals surface area contributed by atoms with Crippen LogP contribution in [0.3, 0.4) is 0 Å². The first-order chi connectivity index (χ1) is 9.82. The van der Waals surface area contributed by atoms with Gasteiger partial charge >= 0.3 is 0 Å². The monoisotopic (exact) mass is 315 g/mol. The van der Waals surface area contributed by atoms with E-state index in [2.05, 4.69) is 0 Å². The molecule has 2 rings (SSSR count). The topological polar surface area (TPSA) is 116 Å². The highest BCUT2D eigenvalue weighted by atomic mass is 32.2. The number of benzene rings is 1. The molecule has 0 aromatic heterocycles. The van der Waals surface area contributed by atoms with E-state index in [1.54, 1.807) is 4.90 Å². The molecule has 8 nitrogen and oxygen atoms in total. The van der Waals surface area contributed by atoms with Crippen LogP contribution in [-0.4, -0.2) is 51.9 Å². The Morgan fingerprint density at radius 3 is 2.81 bits per heavy atom. The van der Waals surface area contributed by atoms with Gasteiger partial charge in [0, 0.05) is 32.0 Å². The van der Waals surface area contributed by atoms with E-state index in [4.69, 9.17) is 10.5 Å². The number of nitrogens with zero attached hydrogens (tertiary/aromatic N) is 2. The lowest BCUT2D eigenvalue weighted by Gasteiger charge is -2.33.